The number of rotatable bonds is 4. The topological polar surface area (TPSA) is 34.4 Å². The van der Waals surface area contributed by atoms with Crippen LogP contribution in [0.1, 0.15) is 5.76 Å². The molecular formula is C16H14ClNO2. The van der Waals surface area contributed by atoms with Gasteiger partial charge in [-0.1, -0.05) is 35.9 Å². The van der Waals surface area contributed by atoms with Crippen molar-refractivity contribution in [3.63, 3.8) is 0 Å². The van der Waals surface area contributed by atoms with Gasteiger partial charge in [0.05, 0.1) is 24.4 Å². The first kappa shape index (κ1) is 12.9. The molecule has 3 aromatic rings. The van der Waals surface area contributed by atoms with E-state index in [0.717, 1.165) is 28.2 Å². The molecule has 0 bridgehead atoms. The third-order valence-electron chi connectivity index (χ3n) is 3.11. The van der Waals surface area contributed by atoms with E-state index in [4.69, 9.17) is 20.8 Å². The van der Waals surface area contributed by atoms with Crippen LogP contribution in [0.4, 0.5) is 5.69 Å². The largest absolute Gasteiger partial charge is 0.493 e. The Hall–Kier alpha value is -2.13. The Kier molecular flexibility index (Phi) is 3.52. The Labute approximate surface area is 122 Å². The number of halogens is 1. The van der Waals surface area contributed by atoms with Gasteiger partial charge in [-0.05, 0) is 24.3 Å². The molecule has 0 unspecified atom stereocenters. The number of ether oxygens (including phenoxy) is 1. The fraction of sp³-hybridized carbons (Fsp3) is 0.125. The second-order valence-electron chi connectivity index (χ2n) is 4.42. The highest BCUT2D eigenvalue weighted by molar-refractivity contribution is 6.33. The van der Waals surface area contributed by atoms with Gasteiger partial charge in [0.2, 0.25) is 0 Å². The van der Waals surface area contributed by atoms with E-state index in [0.29, 0.717) is 11.6 Å². The predicted molar refractivity (Wildman–Crippen MR) is 81.5 cm³/mol. The molecule has 0 radical (unpaired) electrons. The Balaban J connectivity index is 1.83. The first-order valence-corrected chi connectivity index (χ1v) is 6.69. The summed E-state index contributed by atoms with van der Waals surface area (Å²) in [5.41, 5.74) is 1.66. The fourth-order valence-corrected chi connectivity index (χ4v) is 2.33. The second kappa shape index (κ2) is 5.47. The van der Waals surface area contributed by atoms with Crippen LogP contribution in [-0.2, 0) is 6.54 Å². The molecule has 0 aliphatic rings. The van der Waals surface area contributed by atoms with Crippen LogP contribution in [0.3, 0.4) is 0 Å². The normalized spacial score (nSPS) is 10.7. The summed E-state index contributed by atoms with van der Waals surface area (Å²) in [7, 11) is 1.64. The predicted octanol–water partition coefficient (Wildman–Crippen LogP) is 4.71. The summed E-state index contributed by atoms with van der Waals surface area (Å²) in [6.07, 6.45) is 0. The molecule has 0 amide bonds. The van der Waals surface area contributed by atoms with Crippen molar-refractivity contribution in [2.75, 3.05) is 12.4 Å². The van der Waals surface area contributed by atoms with Crippen LogP contribution in [0.15, 0.2) is 52.9 Å². The van der Waals surface area contributed by atoms with Gasteiger partial charge in [-0.25, -0.2) is 0 Å². The van der Waals surface area contributed by atoms with Crippen LogP contribution in [0.25, 0.3) is 11.0 Å². The van der Waals surface area contributed by atoms with Crippen molar-refractivity contribution >= 4 is 28.3 Å². The third-order valence-corrected chi connectivity index (χ3v) is 3.44. The lowest BCUT2D eigenvalue weighted by atomic mass is 10.2. The average molecular weight is 288 g/mol. The van der Waals surface area contributed by atoms with E-state index in [1.807, 2.05) is 48.5 Å². The van der Waals surface area contributed by atoms with Crippen LogP contribution < -0.4 is 10.1 Å². The number of para-hydroxylation sites is 2. The van der Waals surface area contributed by atoms with E-state index in [9.17, 15) is 0 Å². The van der Waals surface area contributed by atoms with Crippen molar-refractivity contribution in [1.29, 1.82) is 0 Å². The minimum Gasteiger partial charge on any atom is -0.493 e. The molecule has 0 aliphatic carbocycles. The maximum Gasteiger partial charge on any atom is 0.176 e. The van der Waals surface area contributed by atoms with Gasteiger partial charge in [-0.2, -0.15) is 0 Å². The molecule has 0 aliphatic heterocycles. The zero-order chi connectivity index (χ0) is 13.9. The van der Waals surface area contributed by atoms with Gasteiger partial charge >= 0.3 is 0 Å². The van der Waals surface area contributed by atoms with Crippen LogP contribution in [-0.4, -0.2) is 7.11 Å². The molecule has 0 atom stereocenters. The molecule has 0 saturated heterocycles. The van der Waals surface area contributed by atoms with E-state index in [1.54, 1.807) is 7.11 Å². The minimum absolute atomic E-state index is 0.571. The first-order valence-electron chi connectivity index (χ1n) is 6.32. The van der Waals surface area contributed by atoms with E-state index < -0.39 is 0 Å². The van der Waals surface area contributed by atoms with Gasteiger partial charge < -0.3 is 14.5 Å². The van der Waals surface area contributed by atoms with E-state index in [2.05, 4.69) is 5.32 Å². The van der Waals surface area contributed by atoms with Gasteiger partial charge in [0, 0.05) is 5.39 Å². The quantitative estimate of drug-likeness (QED) is 0.755. The lowest BCUT2D eigenvalue weighted by Gasteiger charge is -2.05. The van der Waals surface area contributed by atoms with Gasteiger partial charge in [0.15, 0.2) is 11.3 Å². The highest BCUT2D eigenvalue weighted by Crippen LogP contribution is 2.29. The molecule has 0 spiro atoms. The zero-order valence-corrected chi connectivity index (χ0v) is 11.8. The van der Waals surface area contributed by atoms with Gasteiger partial charge in [-0.3, -0.25) is 0 Å². The molecular weight excluding hydrogens is 274 g/mol. The Bertz CT molecular complexity index is 736. The van der Waals surface area contributed by atoms with Gasteiger partial charge in [-0.15, -0.1) is 0 Å². The summed E-state index contributed by atoms with van der Waals surface area (Å²) < 4.78 is 11.1. The van der Waals surface area contributed by atoms with E-state index >= 15 is 0 Å². The molecule has 102 valence electrons. The lowest BCUT2D eigenvalue weighted by molar-refractivity contribution is 0.408. The van der Waals surface area contributed by atoms with Crippen LogP contribution >= 0.6 is 11.6 Å². The number of furan rings is 1. The maximum absolute atomic E-state index is 6.10. The molecule has 0 fully saturated rings. The fourth-order valence-electron chi connectivity index (χ4n) is 2.12. The van der Waals surface area contributed by atoms with Crippen LogP contribution in [0.5, 0.6) is 5.75 Å². The molecule has 4 heteroatoms. The monoisotopic (exact) mass is 287 g/mol. The molecule has 0 saturated carbocycles. The highest BCUT2D eigenvalue weighted by Gasteiger charge is 2.08. The molecule has 1 aromatic heterocycles. The molecule has 3 rings (SSSR count). The van der Waals surface area contributed by atoms with Crippen molar-refractivity contribution in [1.82, 2.24) is 0 Å². The van der Waals surface area contributed by atoms with Crippen molar-refractivity contribution in [3.05, 3.63) is 59.3 Å². The van der Waals surface area contributed by atoms with E-state index in [-0.39, 0.29) is 0 Å². The summed E-state index contributed by atoms with van der Waals surface area (Å²) in [6.45, 7) is 0.571. The highest BCUT2D eigenvalue weighted by atomic mass is 35.5. The number of benzene rings is 2. The summed E-state index contributed by atoms with van der Waals surface area (Å²) in [4.78, 5) is 0. The van der Waals surface area contributed by atoms with Crippen molar-refractivity contribution in [2.45, 2.75) is 6.54 Å². The van der Waals surface area contributed by atoms with Crippen molar-refractivity contribution in [3.8, 4) is 5.75 Å². The lowest BCUT2D eigenvalue weighted by Crippen LogP contribution is -1.98. The maximum atomic E-state index is 6.10. The standard InChI is InChI=1S/C16H14ClNO2/c1-19-15-8-4-5-11-9-12(20-16(11)15)10-18-14-7-3-2-6-13(14)17/h2-9,18H,10H2,1H3. The molecule has 2 aromatic carbocycles. The summed E-state index contributed by atoms with van der Waals surface area (Å²) in [6, 6.07) is 15.5. The Morgan fingerprint density at radius 1 is 1.15 bits per heavy atom. The number of nitrogens with one attached hydrogen (secondary N) is 1. The van der Waals surface area contributed by atoms with Crippen LogP contribution in [0, 0.1) is 0 Å². The average Bonchev–Trinajstić information content (AvgIpc) is 2.89. The number of hydrogen-bond donors (Lipinski definition) is 1. The SMILES string of the molecule is COc1cccc2cc(CNc3ccccc3Cl)oc12. The molecule has 1 N–H and O–H groups in total. The first-order chi connectivity index (χ1) is 9.78. The molecule has 1 heterocycles. The van der Waals surface area contributed by atoms with Crippen molar-refractivity contribution in [2.24, 2.45) is 0 Å². The summed E-state index contributed by atoms with van der Waals surface area (Å²) in [5.74, 6) is 1.58. The summed E-state index contributed by atoms with van der Waals surface area (Å²) >= 11 is 6.10. The van der Waals surface area contributed by atoms with Crippen LogP contribution in [0.2, 0.25) is 5.02 Å². The minimum atomic E-state index is 0.571. The third kappa shape index (κ3) is 2.45. The smallest absolute Gasteiger partial charge is 0.176 e. The van der Waals surface area contributed by atoms with Gasteiger partial charge in [0.1, 0.15) is 5.76 Å². The molecule has 3 nitrogen and oxygen atoms in total. The number of hydrogen-bond acceptors (Lipinski definition) is 3. The Morgan fingerprint density at radius 3 is 2.80 bits per heavy atom. The summed E-state index contributed by atoms with van der Waals surface area (Å²) in [5, 5.41) is 4.98. The zero-order valence-electron chi connectivity index (χ0n) is 11.0. The van der Waals surface area contributed by atoms with E-state index in [1.165, 1.54) is 0 Å². The molecule has 20 heavy (non-hydrogen) atoms. The van der Waals surface area contributed by atoms with Crippen molar-refractivity contribution < 1.29 is 9.15 Å². The van der Waals surface area contributed by atoms with Gasteiger partial charge in [0.25, 0.3) is 0 Å². The second-order valence-corrected chi connectivity index (χ2v) is 4.83. The number of methoxy groups -OCH3 is 1. The number of anilines is 1. The Morgan fingerprint density at radius 2 is 2.00 bits per heavy atom. The number of fused-ring (bicyclic) bond motifs is 1.